The fourth-order valence-electron chi connectivity index (χ4n) is 1.78. The van der Waals surface area contributed by atoms with Gasteiger partial charge in [-0.2, -0.15) is 4.98 Å². The van der Waals surface area contributed by atoms with Crippen LogP contribution in [0.4, 0.5) is 0 Å². The van der Waals surface area contributed by atoms with Crippen molar-refractivity contribution in [2.24, 2.45) is 0 Å². The number of rotatable bonds is 2. The maximum absolute atomic E-state index is 5.26. The summed E-state index contributed by atoms with van der Waals surface area (Å²) in [4.78, 5) is 5.46. The van der Waals surface area contributed by atoms with Gasteiger partial charge in [-0.1, -0.05) is 11.2 Å². The van der Waals surface area contributed by atoms with Crippen molar-refractivity contribution in [3.05, 3.63) is 23.4 Å². The maximum atomic E-state index is 5.26. The normalized spacial score (nSPS) is 20.9. The molecule has 15 heavy (non-hydrogen) atoms. The molecule has 1 N–H and O–H groups in total. The predicted octanol–water partition coefficient (Wildman–Crippen LogP) is 2.22. The van der Waals surface area contributed by atoms with Crippen LogP contribution in [-0.2, 0) is 0 Å². The van der Waals surface area contributed by atoms with Gasteiger partial charge in [0.25, 0.3) is 0 Å². The van der Waals surface area contributed by atoms with Crippen molar-refractivity contribution >= 4 is 11.3 Å². The average Bonchev–Trinajstić information content (AvgIpc) is 3.02. The molecule has 1 aliphatic rings. The third kappa shape index (κ3) is 1.68. The monoisotopic (exact) mass is 221 g/mol. The lowest BCUT2D eigenvalue weighted by Crippen LogP contribution is -2.12. The zero-order valence-corrected chi connectivity index (χ0v) is 8.96. The minimum Gasteiger partial charge on any atom is -0.337 e. The molecule has 4 nitrogen and oxygen atoms in total. The van der Waals surface area contributed by atoms with Gasteiger partial charge in [0.15, 0.2) is 0 Å². The molecule has 2 aromatic rings. The van der Waals surface area contributed by atoms with Crippen LogP contribution in [0.15, 0.2) is 22.0 Å². The Kier molecular flexibility index (Phi) is 2.26. The highest BCUT2D eigenvalue weighted by Crippen LogP contribution is 2.26. The first-order valence-corrected chi connectivity index (χ1v) is 5.92. The molecule has 0 amide bonds. The van der Waals surface area contributed by atoms with Crippen LogP contribution in [0, 0.1) is 0 Å². The number of hydrogen-bond acceptors (Lipinski definition) is 5. The van der Waals surface area contributed by atoms with Crippen LogP contribution in [0.25, 0.3) is 10.7 Å². The Balaban J connectivity index is 1.87. The van der Waals surface area contributed by atoms with Crippen molar-refractivity contribution in [1.82, 2.24) is 15.5 Å². The quantitative estimate of drug-likeness (QED) is 0.844. The first kappa shape index (κ1) is 9.06. The smallest absolute Gasteiger partial charge is 0.244 e. The average molecular weight is 221 g/mol. The maximum Gasteiger partial charge on any atom is 0.244 e. The Morgan fingerprint density at radius 2 is 2.53 bits per heavy atom. The van der Waals surface area contributed by atoms with Gasteiger partial charge in [-0.05, 0) is 30.8 Å². The molecule has 1 fully saturated rings. The van der Waals surface area contributed by atoms with E-state index < -0.39 is 0 Å². The molecule has 3 heterocycles. The molecule has 0 radical (unpaired) electrons. The Labute approximate surface area is 91.3 Å². The number of aromatic nitrogens is 2. The van der Waals surface area contributed by atoms with Crippen LogP contribution in [0.3, 0.4) is 0 Å². The van der Waals surface area contributed by atoms with E-state index in [1.165, 1.54) is 6.42 Å². The predicted molar refractivity (Wildman–Crippen MR) is 57.6 cm³/mol. The third-order valence-corrected chi connectivity index (χ3v) is 3.41. The van der Waals surface area contributed by atoms with Crippen molar-refractivity contribution in [1.29, 1.82) is 0 Å². The minimum atomic E-state index is 0.256. The van der Waals surface area contributed by atoms with Crippen LogP contribution < -0.4 is 5.32 Å². The van der Waals surface area contributed by atoms with Crippen molar-refractivity contribution in [2.75, 3.05) is 6.54 Å². The topological polar surface area (TPSA) is 51.0 Å². The van der Waals surface area contributed by atoms with Crippen molar-refractivity contribution in [3.63, 3.8) is 0 Å². The van der Waals surface area contributed by atoms with Gasteiger partial charge in [0, 0.05) is 0 Å². The van der Waals surface area contributed by atoms with E-state index in [9.17, 15) is 0 Å². The zero-order valence-electron chi connectivity index (χ0n) is 8.14. The molecule has 0 saturated carbocycles. The van der Waals surface area contributed by atoms with E-state index in [1.54, 1.807) is 11.3 Å². The van der Waals surface area contributed by atoms with Gasteiger partial charge in [-0.3, -0.25) is 0 Å². The Hall–Kier alpha value is -1.20. The number of nitrogens with zero attached hydrogens (tertiary/aromatic N) is 2. The van der Waals surface area contributed by atoms with E-state index in [0.717, 1.165) is 23.7 Å². The fraction of sp³-hybridized carbons (Fsp3) is 0.400. The molecule has 1 saturated heterocycles. The van der Waals surface area contributed by atoms with E-state index in [1.807, 2.05) is 17.5 Å². The fourth-order valence-corrected chi connectivity index (χ4v) is 2.43. The lowest BCUT2D eigenvalue weighted by molar-refractivity contribution is 0.345. The summed E-state index contributed by atoms with van der Waals surface area (Å²) in [6, 6.07) is 4.25. The SMILES string of the molecule is c1csc(-c2noc(C3CCCN3)n2)c1. The summed E-state index contributed by atoms with van der Waals surface area (Å²) in [7, 11) is 0. The Morgan fingerprint density at radius 3 is 3.27 bits per heavy atom. The van der Waals surface area contributed by atoms with Crippen molar-refractivity contribution in [3.8, 4) is 10.7 Å². The summed E-state index contributed by atoms with van der Waals surface area (Å²) >= 11 is 1.63. The first-order valence-electron chi connectivity index (χ1n) is 5.04. The molecule has 3 rings (SSSR count). The summed E-state index contributed by atoms with van der Waals surface area (Å²) in [6.07, 6.45) is 2.27. The molecular formula is C10H11N3OS. The van der Waals surface area contributed by atoms with E-state index in [0.29, 0.717) is 5.82 Å². The van der Waals surface area contributed by atoms with Crippen LogP contribution in [0.2, 0.25) is 0 Å². The highest BCUT2D eigenvalue weighted by molar-refractivity contribution is 7.13. The molecule has 0 aromatic carbocycles. The lowest BCUT2D eigenvalue weighted by Gasteiger charge is -2.01. The van der Waals surface area contributed by atoms with E-state index in [2.05, 4.69) is 15.5 Å². The number of hydrogen-bond donors (Lipinski definition) is 1. The molecular weight excluding hydrogens is 210 g/mol. The Morgan fingerprint density at radius 1 is 1.53 bits per heavy atom. The van der Waals surface area contributed by atoms with Gasteiger partial charge in [-0.15, -0.1) is 11.3 Å². The highest BCUT2D eigenvalue weighted by atomic mass is 32.1. The summed E-state index contributed by atoms with van der Waals surface area (Å²) in [5.41, 5.74) is 0. The minimum absolute atomic E-state index is 0.256. The van der Waals surface area contributed by atoms with Gasteiger partial charge in [0.2, 0.25) is 11.7 Å². The van der Waals surface area contributed by atoms with Crippen LogP contribution in [0.1, 0.15) is 24.8 Å². The summed E-state index contributed by atoms with van der Waals surface area (Å²) in [5.74, 6) is 1.42. The molecule has 2 aromatic heterocycles. The van der Waals surface area contributed by atoms with Crippen molar-refractivity contribution < 1.29 is 4.52 Å². The molecule has 5 heteroatoms. The molecule has 78 valence electrons. The summed E-state index contributed by atoms with van der Waals surface area (Å²) in [6.45, 7) is 1.04. The number of thiophene rings is 1. The second kappa shape index (κ2) is 3.75. The molecule has 0 spiro atoms. The molecule has 0 aliphatic carbocycles. The standard InChI is InChI=1S/C10H11N3OS/c1-3-7(11-5-1)10-12-9(13-14-10)8-4-2-6-15-8/h2,4,6-7,11H,1,3,5H2. The summed E-state index contributed by atoms with van der Waals surface area (Å²) < 4.78 is 5.26. The first-order chi connectivity index (χ1) is 7.43. The van der Waals surface area contributed by atoms with E-state index in [4.69, 9.17) is 4.52 Å². The van der Waals surface area contributed by atoms with Gasteiger partial charge >= 0.3 is 0 Å². The molecule has 0 bridgehead atoms. The Bertz CT molecular complexity index is 431. The van der Waals surface area contributed by atoms with Crippen LogP contribution in [0.5, 0.6) is 0 Å². The molecule has 1 atom stereocenters. The molecule has 1 unspecified atom stereocenters. The van der Waals surface area contributed by atoms with E-state index >= 15 is 0 Å². The largest absolute Gasteiger partial charge is 0.337 e. The summed E-state index contributed by atoms with van der Waals surface area (Å²) in [5, 5.41) is 9.34. The van der Waals surface area contributed by atoms with Gasteiger partial charge < -0.3 is 9.84 Å². The van der Waals surface area contributed by atoms with Crippen LogP contribution >= 0.6 is 11.3 Å². The van der Waals surface area contributed by atoms with E-state index in [-0.39, 0.29) is 6.04 Å². The lowest BCUT2D eigenvalue weighted by atomic mass is 10.2. The number of nitrogens with one attached hydrogen (secondary N) is 1. The van der Waals surface area contributed by atoms with Crippen molar-refractivity contribution in [2.45, 2.75) is 18.9 Å². The third-order valence-electron chi connectivity index (χ3n) is 2.54. The molecule has 1 aliphatic heterocycles. The second-order valence-electron chi connectivity index (χ2n) is 3.58. The van der Waals surface area contributed by atoms with Gasteiger partial charge in [-0.25, -0.2) is 0 Å². The van der Waals surface area contributed by atoms with Crippen LogP contribution in [-0.4, -0.2) is 16.7 Å². The zero-order chi connectivity index (χ0) is 10.1. The second-order valence-corrected chi connectivity index (χ2v) is 4.53. The van der Waals surface area contributed by atoms with Gasteiger partial charge in [0.1, 0.15) is 0 Å². The van der Waals surface area contributed by atoms with Gasteiger partial charge in [0.05, 0.1) is 10.9 Å². The highest BCUT2D eigenvalue weighted by Gasteiger charge is 2.22.